The van der Waals surface area contributed by atoms with Crippen molar-refractivity contribution in [2.75, 3.05) is 0 Å². The maximum absolute atomic E-state index is 11.4. The molecule has 3 aromatic rings. The van der Waals surface area contributed by atoms with Gasteiger partial charge in [0.25, 0.3) is 0 Å². The minimum atomic E-state index is 0.434. The first-order valence-electron chi connectivity index (χ1n) is 4.18. The van der Waals surface area contributed by atoms with Crippen LogP contribution in [-0.2, 0) is 0 Å². The summed E-state index contributed by atoms with van der Waals surface area (Å²) < 4.78 is 1.58. The molecule has 2 aromatic heterocycles. The molecule has 0 atom stereocenters. The molecule has 0 amide bonds. The molecule has 1 aromatic carbocycles. The van der Waals surface area contributed by atoms with Crippen LogP contribution in [0.3, 0.4) is 0 Å². The fraction of sp³-hybridized carbons (Fsp3) is 0. The number of nitrogens with zero attached hydrogens (tertiary/aromatic N) is 4. The lowest BCUT2D eigenvalue weighted by Crippen LogP contribution is -2.33. The average molecular weight is 186 g/mol. The van der Waals surface area contributed by atoms with E-state index in [0.29, 0.717) is 16.0 Å². The van der Waals surface area contributed by atoms with Crippen molar-refractivity contribution >= 4 is 16.7 Å². The molecule has 0 aliphatic carbocycles. The summed E-state index contributed by atoms with van der Waals surface area (Å²) in [6.07, 6.45) is 1.58. The molecule has 2 heterocycles. The van der Waals surface area contributed by atoms with Crippen molar-refractivity contribution in [2.45, 2.75) is 0 Å². The summed E-state index contributed by atoms with van der Waals surface area (Å²) >= 11 is 0. The van der Waals surface area contributed by atoms with Crippen LogP contribution in [-0.4, -0.2) is 14.7 Å². The van der Waals surface area contributed by atoms with Gasteiger partial charge in [-0.15, -0.1) is 4.85 Å². The number of rotatable bonds is 0. The van der Waals surface area contributed by atoms with Crippen LogP contribution in [0.5, 0.6) is 0 Å². The summed E-state index contributed by atoms with van der Waals surface area (Å²) in [4.78, 5) is 0.579. The van der Waals surface area contributed by atoms with Gasteiger partial charge in [-0.25, -0.2) is 0 Å². The number of hydrogen-bond donors (Lipinski definition) is 0. The monoisotopic (exact) mass is 186 g/mol. The number of hydrogen-bond acceptors (Lipinski definition) is 3. The highest BCUT2D eigenvalue weighted by Crippen LogP contribution is 2.09. The van der Waals surface area contributed by atoms with Gasteiger partial charge in [-0.3, -0.25) is 0 Å². The van der Waals surface area contributed by atoms with E-state index in [9.17, 15) is 5.21 Å². The van der Waals surface area contributed by atoms with E-state index >= 15 is 0 Å². The van der Waals surface area contributed by atoms with Crippen LogP contribution in [0.2, 0.25) is 0 Å². The van der Waals surface area contributed by atoms with Crippen LogP contribution in [0.1, 0.15) is 0 Å². The van der Waals surface area contributed by atoms with Gasteiger partial charge < -0.3 is 5.21 Å². The quantitative estimate of drug-likeness (QED) is 0.380. The van der Waals surface area contributed by atoms with Gasteiger partial charge in [-0.05, 0) is 12.1 Å². The molecule has 68 valence electrons. The highest BCUT2D eigenvalue weighted by atomic mass is 16.5. The predicted molar refractivity (Wildman–Crippen MR) is 49.5 cm³/mol. The summed E-state index contributed by atoms with van der Waals surface area (Å²) in [5.74, 6) is 0. The Bertz CT molecular complexity index is 616. The molecule has 0 aliphatic heterocycles. The molecule has 0 N–H and O–H groups in total. The summed E-state index contributed by atoms with van der Waals surface area (Å²) in [6, 6.07) is 9.02. The second kappa shape index (κ2) is 2.41. The van der Waals surface area contributed by atoms with Crippen molar-refractivity contribution in [3.05, 3.63) is 41.7 Å². The fourth-order valence-corrected chi connectivity index (χ4v) is 1.50. The van der Waals surface area contributed by atoms with Crippen molar-refractivity contribution in [3.8, 4) is 0 Å². The minimum absolute atomic E-state index is 0.434. The summed E-state index contributed by atoms with van der Waals surface area (Å²) in [5.41, 5.74) is 1.90. The molecule has 0 bridgehead atoms. The van der Waals surface area contributed by atoms with Gasteiger partial charge in [0.05, 0.1) is 12.3 Å². The average Bonchev–Trinajstić information content (AvgIpc) is 2.67. The van der Waals surface area contributed by atoms with Gasteiger partial charge in [0, 0.05) is 0 Å². The predicted octanol–water partition coefficient (Wildman–Crippen LogP) is 0.516. The van der Waals surface area contributed by atoms with E-state index < -0.39 is 0 Å². The molecule has 3 rings (SSSR count). The van der Waals surface area contributed by atoms with E-state index in [0.717, 1.165) is 5.52 Å². The molecule has 0 saturated heterocycles. The molecule has 0 spiro atoms. The summed E-state index contributed by atoms with van der Waals surface area (Å²) in [7, 11) is 0. The van der Waals surface area contributed by atoms with Gasteiger partial charge in [-0.2, -0.15) is 0 Å². The van der Waals surface area contributed by atoms with E-state index in [-0.39, 0.29) is 0 Å². The Kier molecular flexibility index (Phi) is 1.25. The van der Waals surface area contributed by atoms with E-state index in [1.54, 1.807) is 22.8 Å². The smallest absolute Gasteiger partial charge is 0.333 e. The Labute approximate surface area is 78.8 Å². The largest absolute Gasteiger partial charge is 0.691 e. The number of para-hydroxylation sites is 1. The Balaban J connectivity index is 2.66. The first-order valence-corrected chi connectivity index (χ1v) is 4.18. The topological polar surface area (TPSA) is 57.1 Å². The van der Waals surface area contributed by atoms with Gasteiger partial charge >= 0.3 is 5.65 Å². The van der Waals surface area contributed by atoms with Crippen molar-refractivity contribution in [1.29, 1.82) is 0 Å². The Morgan fingerprint density at radius 3 is 3.00 bits per heavy atom. The molecule has 0 radical (unpaired) electrons. The molecular formula is C9H6N4O. The zero-order chi connectivity index (χ0) is 9.54. The van der Waals surface area contributed by atoms with Gasteiger partial charge in [0.2, 0.25) is 0 Å². The standard InChI is InChI=1S/C9H6N4O/c14-13-9-5-6-10-12(9)8-4-2-1-3-7(8)11-13/h1-6H. The lowest BCUT2D eigenvalue weighted by Gasteiger charge is -2.01. The van der Waals surface area contributed by atoms with E-state index in [1.807, 2.05) is 18.2 Å². The molecule has 0 saturated carbocycles. The first-order chi connectivity index (χ1) is 6.86. The molecule has 14 heavy (non-hydrogen) atoms. The molecule has 0 aliphatic rings. The van der Waals surface area contributed by atoms with Crippen LogP contribution in [0.4, 0.5) is 0 Å². The van der Waals surface area contributed by atoms with Crippen LogP contribution in [0.25, 0.3) is 16.7 Å². The van der Waals surface area contributed by atoms with Crippen LogP contribution in [0.15, 0.2) is 36.5 Å². The number of aromatic nitrogens is 4. The van der Waals surface area contributed by atoms with Crippen molar-refractivity contribution in [2.24, 2.45) is 0 Å². The Morgan fingerprint density at radius 1 is 1.21 bits per heavy atom. The van der Waals surface area contributed by atoms with Gasteiger partial charge in [0.15, 0.2) is 11.0 Å². The third kappa shape index (κ3) is 0.806. The SMILES string of the molecule is [O-][n+]1nc2ccccc2n2nccc21. The zero-order valence-corrected chi connectivity index (χ0v) is 7.16. The van der Waals surface area contributed by atoms with E-state index in [1.165, 1.54) is 0 Å². The molecule has 5 heteroatoms. The second-order valence-corrected chi connectivity index (χ2v) is 2.96. The maximum Gasteiger partial charge on any atom is 0.333 e. The third-order valence-corrected chi connectivity index (χ3v) is 2.13. The Hall–Kier alpha value is -2.17. The van der Waals surface area contributed by atoms with Crippen LogP contribution >= 0.6 is 0 Å². The summed E-state index contributed by atoms with van der Waals surface area (Å²) in [5, 5.41) is 19.3. The lowest BCUT2D eigenvalue weighted by molar-refractivity contribution is -0.643. The molecular weight excluding hydrogens is 180 g/mol. The first kappa shape index (κ1) is 7.25. The highest BCUT2D eigenvalue weighted by molar-refractivity contribution is 5.74. The van der Waals surface area contributed by atoms with Gasteiger partial charge in [-0.1, -0.05) is 26.8 Å². The third-order valence-electron chi connectivity index (χ3n) is 2.13. The summed E-state index contributed by atoms with van der Waals surface area (Å²) in [6.45, 7) is 0. The number of benzene rings is 1. The van der Waals surface area contributed by atoms with Gasteiger partial charge in [0.1, 0.15) is 0 Å². The van der Waals surface area contributed by atoms with Crippen molar-refractivity contribution in [1.82, 2.24) is 14.7 Å². The van der Waals surface area contributed by atoms with Crippen molar-refractivity contribution < 1.29 is 4.85 Å². The van der Waals surface area contributed by atoms with E-state index in [2.05, 4.69) is 10.2 Å². The van der Waals surface area contributed by atoms with Crippen LogP contribution < -0.4 is 4.85 Å². The van der Waals surface area contributed by atoms with Crippen molar-refractivity contribution in [3.63, 3.8) is 0 Å². The zero-order valence-electron chi connectivity index (χ0n) is 7.16. The number of fused-ring (bicyclic) bond motifs is 3. The maximum atomic E-state index is 11.4. The Morgan fingerprint density at radius 2 is 2.07 bits per heavy atom. The second-order valence-electron chi connectivity index (χ2n) is 2.96. The lowest BCUT2D eigenvalue weighted by atomic mass is 10.3. The van der Waals surface area contributed by atoms with Crippen LogP contribution in [0, 0.1) is 5.21 Å². The normalized spacial score (nSPS) is 11.1. The molecule has 0 fully saturated rings. The molecule has 0 unspecified atom stereocenters. The molecule has 5 nitrogen and oxygen atoms in total. The fourth-order valence-electron chi connectivity index (χ4n) is 1.50. The minimum Gasteiger partial charge on any atom is -0.691 e. The van der Waals surface area contributed by atoms with E-state index in [4.69, 9.17) is 0 Å². The highest BCUT2D eigenvalue weighted by Gasteiger charge is 2.10.